The third-order valence-corrected chi connectivity index (χ3v) is 4.43. The lowest BCUT2D eigenvalue weighted by Crippen LogP contribution is -2.31. The van der Waals surface area contributed by atoms with E-state index < -0.39 is 11.7 Å². The van der Waals surface area contributed by atoms with Gasteiger partial charge in [0, 0.05) is 6.54 Å². The highest BCUT2D eigenvalue weighted by Crippen LogP contribution is 2.35. The summed E-state index contributed by atoms with van der Waals surface area (Å²) in [6, 6.07) is 11.0. The van der Waals surface area contributed by atoms with E-state index in [4.69, 9.17) is 16.3 Å². The molecular weight excluding hydrogens is 326 g/mol. The van der Waals surface area contributed by atoms with Gasteiger partial charge in [0.1, 0.15) is 5.75 Å². The highest BCUT2D eigenvalue weighted by molar-refractivity contribution is 6.54. The van der Waals surface area contributed by atoms with Gasteiger partial charge in [0.05, 0.1) is 22.9 Å². The van der Waals surface area contributed by atoms with Crippen molar-refractivity contribution in [2.75, 3.05) is 18.1 Å². The van der Waals surface area contributed by atoms with Gasteiger partial charge in [0.15, 0.2) is 0 Å². The number of hydrogen-bond donors (Lipinski definition) is 0. The van der Waals surface area contributed by atoms with Crippen LogP contribution in [0.2, 0.25) is 5.02 Å². The normalized spacial score (nSPS) is 13.4. The van der Waals surface area contributed by atoms with Gasteiger partial charge in [0.25, 0.3) is 11.7 Å². The molecule has 1 amide bonds. The molecule has 5 heteroatoms. The third kappa shape index (κ3) is 2.89. The molecule has 1 aliphatic rings. The van der Waals surface area contributed by atoms with Gasteiger partial charge in [-0.25, -0.2) is 0 Å². The van der Waals surface area contributed by atoms with Crippen LogP contribution >= 0.6 is 11.6 Å². The van der Waals surface area contributed by atoms with Gasteiger partial charge in [-0.15, -0.1) is 0 Å². The summed E-state index contributed by atoms with van der Waals surface area (Å²) in [6.45, 7) is 4.86. The minimum absolute atomic E-state index is 0.378. The summed E-state index contributed by atoms with van der Waals surface area (Å²) < 4.78 is 5.85. The van der Waals surface area contributed by atoms with Gasteiger partial charge in [-0.2, -0.15) is 0 Å². The van der Waals surface area contributed by atoms with E-state index in [1.165, 1.54) is 4.90 Å². The SMILES string of the molecule is Cc1cccc(C)c1OCCCN1C(=O)C(=O)c2cccc(Cl)c21. The fourth-order valence-electron chi connectivity index (χ4n) is 2.95. The minimum Gasteiger partial charge on any atom is -0.493 e. The molecule has 0 atom stereocenters. The Hall–Kier alpha value is -2.33. The van der Waals surface area contributed by atoms with E-state index in [-0.39, 0.29) is 0 Å². The largest absolute Gasteiger partial charge is 0.493 e. The molecule has 1 heterocycles. The smallest absolute Gasteiger partial charge is 0.299 e. The predicted molar refractivity (Wildman–Crippen MR) is 94.2 cm³/mol. The quantitative estimate of drug-likeness (QED) is 0.610. The number of carbonyl (C=O) groups is 2. The second-order valence-corrected chi connectivity index (χ2v) is 6.25. The Morgan fingerprint density at radius 2 is 1.71 bits per heavy atom. The zero-order chi connectivity index (χ0) is 17.3. The molecule has 0 radical (unpaired) electrons. The summed E-state index contributed by atoms with van der Waals surface area (Å²) in [6.07, 6.45) is 0.609. The maximum Gasteiger partial charge on any atom is 0.299 e. The number of hydrogen-bond acceptors (Lipinski definition) is 3. The van der Waals surface area contributed by atoms with Crippen LogP contribution in [0.3, 0.4) is 0 Å². The van der Waals surface area contributed by atoms with E-state index >= 15 is 0 Å². The molecule has 124 valence electrons. The summed E-state index contributed by atoms with van der Waals surface area (Å²) in [4.78, 5) is 25.6. The molecule has 0 unspecified atom stereocenters. The van der Waals surface area contributed by atoms with Crippen molar-refractivity contribution >= 4 is 29.0 Å². The average Bonchev–Trinajstić information content (AvgIpc) is 2.80. The number of Topliss-reactive ketones (excluding diaryl/α,β-unsaturated/α-hetero) is 1. The molecule has 0 N–H and O–H groups in total. The van der Waals surface area contributed by atoms with Crippen LogP contribution in [0, 0.1) is 13.8 Å². The number of rotatable bonds is 5. The van der Waals surface area contributed by atoms with Gasteiger partial charge in [-0.1, -0.05) is 35.9 Å². The van der Waals surface area contributed by atoms with Crippen LogP contribution in [-0.2, 0) is 4.79 Å². The molecule has 0 bridgehead atoms. The van der Waals surface area contributed by atoms with Crippen LogP contribution in [-0.4, -0.2) is 24.8 Å². The lowest BCUT2D eigenvalue weighted by molar-refractivity contribution is -0.114. The molecule has 2 aromatic rings. The number of halogens is 1. The Morgan fingerprint density at radius 3 is 2.42 bits per heavy atom. The van der Waals surface area contributed by atoms with E-state index in [9.17, 15) is 9.59 Å². The maximum absolute atomic E-state index is 12.2. The molecule has 0 fully saturated rings. The van der Waals surface area contributed by atoms with Crippen molar-refractivity contribution < 1.29 is 14.3 Å². The lowest BCUT2D eigenvalue weighted by Gasteiger charge is -2.18. The van der Waals surface area contributed by atoms with E-state index in [1.54, 1.807) is 18.2 Å². The van der Waals surface area contributed by atoms with E-state index in [2.05, 4.69) is 0 Å². The fraction of sp³-hybridized carbons (Fsp3) is 0.263. The van der Waals surface area contributed by atoms with Crippen molar-refractivity contribution in [2.45, 2.75) is 20.3 Å². The number of ether oxygens (including phenoxy) is 1. The van der Waals surface area contributed by atoms with Gasteiger partial charge in [-0.3, -0.25) is 9.59 Å². The Labute approximate surface area is 146 Å². The Morgan fingerprint density at radius 1 is 1.04 bits per heavy atom. The number of aryl methyl sites for hydroxylation is 2. The highest BCUT2D eigenvalue weighted by Gasteiger charge is 2.36. The van der Waals surface area contributed by atoms with Crippen molar-refractivity contribution in [3.8, 4) is 5.75 Å². The lowest BCUT2D eigenvalue weighted by atomic mass is 10.1. The highest BCUT2D eigenvalue weighted by atomic mass is 35.5. The molecule has 1 aliphatic heterocycles. The predicted octanol–water partition coefficient (Wildman–Crippen LogP) is 3.96. The molecule has 4 nitrogen and oxygen atoms in total. The Balaban J connectivity index is 1.66. The second kappa shape index (κ2) is 6.65. The number of fused-ring (bicyclic) bond motifs is 1. The van der Waals surface area contributed by atoms with Crippen LogP contribution in [0.4, 0.5) is 5.69 Å². The van der Waals surface area contributed by atoms with E-state index in [0.29, 0.717) is 35.8 Å². The van der Waals surface area contributed by atoms with Gasteiger partial charge in [-0.05, 0) is 43.5 Å². The van der Waals surface area contributed by atoms with Crippen LogP contribution < -0.4 is 9.64 Å². The number of anilines is 1. The van der Waals surface area contributed by atoms with Crippen molar-refractivity contribution in [1.29, 1.82) is 0 Å². The van der Waals surface area contributed by atoms with E-state index in [1.807, 2.05) is 32.0 Å². The summed E-state index contributed by atoms with van der Waals surface area (Å²) in [5.41, 5.74) is 3.05. The third-order valence-electron chi connectivity index (χ3n) is 4.12. The molecular formula is C19H18ClNO3. The van der Waals surface area contributed by atoms with Crippen molar-refractivity contribution in [3.63, 3.8) is 0 Å². The van der Waals surface area contributed by atoms with Gasteiger partial charge < -0.3 is 9.64 Å². The number of para-hydroxylation sites is 2. The Bertz CT molecular complexity index is 796. The molecule has 0 aromatic heterocycles. The van der Waals surface area contributed by atoms with Crippen molar-refractivity contribution in [1.82, 2.24) is 0 Å². The van der Waals surface area contributed by atoms with Crippen LogP contribution in [0.25, 0.3) is 0 Å². The molecule has 2 aromatic carbocycles. The zero-order valence-electron chi connectivity index (χ0n) is 13.6. The summed E-state index contributed by atoms with van der Waals surface area (Å²) in [5.74, 6) is -0.145. The van der Waals surface area contributed by atoms with Crippen LogP contribution in [0.5, 0.6) is 5.75 Å². The molecule has 24 heavy (non-hydrogen) atoms. The maximum atomic E-state index is 12.2. The summed E-state index contributed by atoms with van der Waals surface area (Å²) >= 11 is 6.17. The number of nitrogens with zero attached hydrogens (tertiary/aromatic N) is 1. The van der Waals surface area contributed by atoms with Gasteiger partial charge >= 0.3 is 0 Å². The van der Waals surface area contributed by atoms with Crippen molar-refractivity contribution in [2.24, 2.45) is 0 Å². The van der Waals surface area contributed by atoms with Gasteiger partial charge in [0.2, 0.25) is 0 Å². The Kier molecular flexibility index (Phi) is 4.58. The first kappa shape index (κ1) is 16.5. The standard InChI is InChI=1S/C19H18ClNO3/c1-12-6-3-7-13(2)18(12)24-11-5-10-21-16-14(17(22)19(21)23)8-4-9-15(16)20/h3-4,6-9H,5,10-11H2,1-2H3. The first-order valence-electron chi connectivity index (χ1n) is 7.84. The molecule has 0 aliphatic carbocycles. The average molecular weight is 344 g/mol. The second-order valence-electron chi connectivity index (χ2n) is 5.84. The summed E-state index contributed by atoms with van der Waals surface area (Å²) in [5, 5.41) is 0.419. The van der Waals surface area contributed by atoms with Crippen LogP contribution in [0.15, 0.2) is 36.4 Å². The zero-order valence-corrected chi connectivity index (χ0v) is 14.4. The monoisotopic (exact) mass is 343 g/mol. The number of ketones is 1. The van der Waals surface area contributed by atoms with E-state index in [0.717, 1.165) is 16.9 Å². The molecule has 0 spiro atoms. The summed E-state index contributed by atoms with van der Waals surface area (Å²) in [7, 11) is 0. The number of carbonyl (C=O) groups excluding carboxylic acids is 2. The molecule has 0 saturated heterocycles. The topological polar surface area (TPSA) is 46.6 Å². The molecule has 3 rings (SSSR count). The molecule has 0 saturated carbocycles. The van der Waals surface area contributed by atoms with Crippen molar-refractivity contribution in [3.05, 3.63) is 58.1 Å². The van der Waals surface area contributed by atoms with Crippen LogP contribution in [0.1, 0.15) is 27.9 Å². The number of amides is 1. The minimum atomic E-state index is -0.523. The first-order valence-corrected chi connectivity index (χ1v) is 8.22. The number of benzene rings is 2. The first-order chi connectivity index (χ1) is 11.5. The fourth-order valence-corrected chi connectivity index (χ4v) is 3.23.